The summed E-state index contributed by atoms with van der Waals surface area (Å²) in [6.45, 7) is 1.18. The van der Waals surface area contributed by atoms with Crippen molar-refractivity contribution in [2.75, 3.05) is 6.61 Å². The minimum Gasteiger partial charge on any atom is -0.373 e. The molecule has 0 bridgehead atoms. The summed E-state index contributed by atoms with van der Waals surface area (Å²) in [5.41, 5.74) is 8.07. The highest BCUT2D eigenvalue weighted by molar-refractivity contribution is 5.39. The quantitative estimate of drug-likeness (QED) is 0.897. The molecule has 0 spiro atoms. The molecule has 1 aliphatic carbocycles. The van der Waals surface area contributed by atoms with E-state index in [0.717, 1.165) is 24.2 Å². The van der Waals surface area contributed by atoms with Gasteiger partial charge in [0.25, 0.3) is 0 Å². The molecule has 96 valence electrons. The predicted octanol–water partition coefficient (Wildman–Crippen LogP) is 2.12. The fourth-order valence-corrected chi connectivity index (χ4v) is 2.64. The third-order valence-electron chi connectivity index (χ3n) is 3.65. The van der Waals surface area contributed by atoms with Crippen LogP contribution in [0.1, 0.15) is 31.4 Å². The molecular weight excluding hydrogens is 226 g/mol. The van der Waals surface area contributed by atoms with E-state index in [4.69, 9.17) is 10.5 Å². The van der Waals surface area contributed by atoms with Gasteiger partial charge in [0.2, 0.25) is 0 Å². The van der Waals surface area contributed by atoms with Crippen LogP contribution < -0.4 is 5.73 Å². The van der Waals surface area contributed by atoms with Gasteiger partial charge in [0.05, 0.1) is 18.9 Å². The molecule has 0 radical (unpaired) electrons. The van der Waals surface area contributed by atoms with Crippen LogP contribution in [0.15, 0.2) is 30.6 Å². The van der Waals surface area contributed by atoms with E-state index in [1.807, 2.05) is 35.0 Å². The molecule has 0 aromatic carbocycles. The molecule has 1 fully saturated rings. The van der Waals surface area contributed by atoms with E-state index in [-0.39, 0.29) is 5.54 Å². The predicted molar refractivity (Wildman–Crippen MR) is 70.2 cm³/mol. The fraction of sp³-hybridized carbons (Fsp3) is 0.500. The maximum absolute atomic E-state index is 6.25. The van der Waals surface area contributed by atoms with E-state index >= 15 is 0 Å². The minimum absolute atomic E-state index is 0.0981. The normalized spacial score (nSPS) is 18.5. The van der Waals surface area contributed by atoms with Gasteiger partial charge < -0.3 is 14.9 Å². The second kappa shape index (κ2) is 4.71. The van der Waals surface area contributed by atoms with Crippen LogP contribution >= 0.6 is 0 Å². The molecular formula is C14H19N3O. The van der Waals surface area contributed by atoms with Gasteiger partial charge in [0, 0.05) is 17.9 Å². The van der Waals surface area contributed by atoms with E-state index in [9.17, 15) is 0 Å². The van der Waals surface area contributed by atoms with Crippen molar-refractivity contribution in [1.82, 2.24) is 9.38 Å². The first kappa shape index (κ1) is 11.7. The number of imidazole rings is 1. The molecule has 2 N–H and O–H groups in total. The van der Waals surface area contributed by atoms with Crippen molar-refractivity contribution >= 4 is 5.65 Å². The van der Waals surface area contributed by atoms with Crippen molar-refractivity contribution in [2.45, 2.75) is 37.8 Å². The van der Waals surface area contributed by atoms with E-state index in [2.05, 4.69) is 4.98 Å². The molecule has 2 aromatic rings. The first-order chi connectivity index (χ1) is 8.75. The number of ether oxygens (including phenoxy) is 1. The molecule has 2 heterocycles. The van der Waals surface area contributed by atoms with Crippen LogP contribution in [-0.2, 0) is 11.3 Å². The lowest BCUT2D eigenvalue weighted by Crippen LogP contribution is -2.41. The molecule has 2 aromatic heterocycles. The SMILES string of the molecule is NC1(COCc2cn3ccccc3n2)CCCC1. The maximum Gasteiger partial charge on any atom is 0.137 e. The molecule has 3 rings (SSSR count). The molecule has 0 unspecified atom stereocenters. The van der Waals surface area contributed by atoms with Gasteiger partial charge in [-0.2, -0.15) is 0 Å². The number of hydrogen-bond donors (Lipinski definition) is 1. The zero-order valence-corrected chi connectivity index (χ0v) is 10.5. The van der Waals surface area contributed by atoms with Crippen LogP contribution in [0, 0.1) is 0 Å². The smallest absolute Gasteiger partial charge is 0.137 e. The second-order valence-electron chi connectivity index (χ2n) is 5.26. The standard InChI is InChI=1S/C14H19N3O/c15-14(6-2-3-7-14)11-18-10-12-9-17-8-4-1-5-13(17)16-12/h1,4-5,8-9H,2-3,6-7,10-11,15H2. The van der Waals surface area contributed by atoms with E-state index in [1.54, 1.807) is 0 Å². The molecule has 4 heteroatoms. The summed E-state index contributed by atoms with van der Waals surface area (Å²) < 4.78 is 7.74. The summed E-state index contributed by atoms with van der Waals surface area (Å²) in [7, 11) is 0. The largest absolute Gasteiger partial charge is 0.373 e. The molecule has 4 nitrogen and oxygen atoms in total. The molecule has 18 heavy (non-hydrogen) atoms. The summed E-state index contributed by atoms with van der Waals surface area (Å²) in [6, 6.07) is 5.97. The molecule has 0 saturated heterocycles. The first-order valence-electron chi connectivity index (χ1n) is 6.54. The van der Waals surface area contributed by atoms with Crippen LogP contribution in [-0.4, -0.2) is 21.5 Å². The zero-order chi connectivity index (χ0) is 12.4. The molecule has 0 atom stereocenters. The van der Waals surface area contributed by atoms with Crippen molar-refractivity contribution in [3.63, 3.8) is 0 Å². The van der Waals surface area contributed by atoms with Gasteiger partial charge in [-0.15, -0.1) is 0 Å². The average Bonchev–Trinajstić information content (AvgIpc) is 2.95. The number of aromatic nitrogens is 2. The van der Waals surface area contributed by atoms with Crippen molar-refractivity contribution in [2.24, 2.45) is 5.73 Å². The highest BCUT2D eigenvalue weighted by Gasteiger charge is 2.29. The van der Waals surface area contributed by atoms with Crippen LogP contribution in [0.5, 0.6) is 0 Å². The Morgan fingerprint density at radius 1 is 1.33 bits per heavy atom. The minimum atomic E-state index is -0.0981. The highest BCUT2D eigenvalue weighted by atomic mass is 16.5. The molecule has 0 amide bonds. The fourth-order valence-electron chi connectivity index (χ4n) is 2.64. The summed E-state index contributed by atoms with van der Waals surface area (Å²) in [5, 5.41) is 0. The lowest BCUT2D eigenvalue weighted by molar-refractivity contribution is 0.0734. The number of pyridine rings is 1. The van der Waals surface area contributed by atoms with Gasteiger partial charge in [-0.1, -0.05) is 18.9 Å². The lowest BCUT2D eigenvalue weighted by atomic mass is 10.0. The highest BCUT2D eigenvalue weighted by Crippen LogP contribution is 2.27. The van der Waals surface area contributed by atoms with Crippen molar-refractivity contribution in [3.05, 3.63) is 36.3 Å². The number of rotatable bonds is 4. The second-order valence-corrected chi connectivity index (χ2v) is 5.26. The van der Waals surface area contributed by atoms with Crippen LogP contribution in [0.4, 0.5) is 0 Å². The van der Waals surface area contributed by atoms with E-state index in [0.29, 0.717) is 13.2 Å². The van der Waals surface area contributed by atoms with Gasteiger partial charge in [-0.05, 0) is 25.0 Å². The number of nitrogens with two attached hydrogens (primary N) is 1. The molecule has 1 saturated carbocycles. The third-order valence-corrected chi connectivity index (χ3v) is 3.65. The number of hydrogen-bond acceptors (Lipinski definition) is 3. The van der Waals surface area contributed by atoms with Gasteiger partial charge in [0.15, 0.2) is 0 Å². The van der Waals surface area contributed by atoms with Crippen molar-refractivity contribution < 1.29 is 4.74 Å². The third kappa shape index (κ3) is 2.40. The first-order valence-corrected chi connectivity index (χ1v) is 6.54. The van der Waals surface area contributed by atoms with Crippen molar-refractivity contribution in [1.29, 1.82) is 0 Å². The van der Waals surface area contributed by atoms with Crippen LogP contribution in [0.25, 0.3) is 5.65 Å². The summed E-state index contributed by atoms with van der Waals surface area (Å²) in [5.74, 6) is 0. The Hall–Kier alpha value is -1.39. The average molecular weight is 245 g/mol. The Labute approximate surface area is 107 Å². The van der Waals surface area contributed by atoms with Gasteiger partial charge >= 0.3 is 0 Å². The monoisotopic (exact) mass is 245 g/mol. The Kier molecular flexibility index (Phi) is 3.06. The lowest BCUT2D eigenvalue weighted by Gasteiger charge is -2.22. The van der Waals surface area contributed by atoms with Gasteiger partial charge in [-0.25, -0.2) is 4.98 Å². The Balaban J connectivity index is 1.59. The molecule has 1 aliphatic rings. The maximum atomic E-state index is 6.25. The zero-order valence-electron chi connectivity index (χ0n) is 10.5. The Bertz CT molecular complexity index is 496. The number of nitrogens with zero attached hydrogens (tertiary/aromatic N) is 2. The van der Waals surface area contributed by atoms with Crippen LogP contribution in [0.3, 0.4) is 0 Å². The Morgan fingerprint density at radius 2 is 2.17 bits per heavy atom. The van der Waals surface area contributed by atoms with Gasteiger partial charge in [0.1, 0.15) is 5.65 Å². The summed E-state index contributed by atoms with van der Waals surface area (Å²) in [6.07, 6.45) is 8.62. The Morgan fingerprint density at radius 3 is 2.94 bits per heavy atom. The van der Waals surface area contributed by atoms with Crippen LogP contribution in [0.2, 0.25) is 0 Å². The summed E-state index contributed by atoms with van der Waals surface area (Å²) in [4.78, 5) is 4.50. The number of fused-ring (bicyclic) bond motifs is 1. The van der Waals surface area contributed by atoms with E-state index in [1.165, 1.54) is 12.8 Å². The molecule has 0 aliphatic heterocycles. The summed E-state index contributed by atoms with van der Waals surface area (Å²) >= 11 is 0. The van der Waals surface area contributed by atoms with Gasteiger partial charge in [-0.3, -0.25) is 0 Å². The van der Waals surface area contributed by atoms with Crippen molar-refractivity contribution in [3.8, 4) is 0 Å². The van der Waals surface area contributed by atoms with E-state index < -0.39 is 0 Å². The topological polar surface area (TPSA) is 52.5 Å².